The molecule has 1 aromatic heterocycles. The number of aromatic carboxylic acids is 1. The fourth-order valence-electron chi connectivity index (χ4n) is 1.82. The Balaban J connectivity index is 2.58. The van der Waals surface area contributed by atoms with E-state index in [-0.39, 0.29) is 5.69 Å². The molecule has 18 heavy (non-hydrogen) atoms. The van der Waals surface area contributed by atoms with E-state index in [1.165, 1.54) is 0 Å². The van der Waals surface area contributed by atoms with Gasteiger partial charge in [-0.1, -0.05) is 18.2 Å². The second kappa shape index (κ2) is 5.53. The summed E-state index contributed by atoms with van der Waals surface area (Å²) < 4.78 is 7.70. The van der Waals surface area contributed by atoms with Crippen molar-refractivity contribution in [2.75, 3.05) is 7.11 Å². The molecule has 4 nitrogen and oxygen atoms in total. The van der Waals surface area contributed by atoms with Crippen LogP contribution in [0.3, 0.4) is 0 Å². The van der Waals surface area contributed by atoms with Gasteiger partial charge in [0.15, 0.2) is 0 Å². The summed E-state index contributed by atoms with van der Waals surface area (Å²) in [6.45, 7) is 0.448. The van der Waals surface area contributed by atoms with Gasteiger partial charge in [-0.25, -0.2) is 4.79 Å². The van der Waals surface area contributed by atoms with Crippen LogP contribution >= 0.6 is 22.6 Å². The number of aromatic nitrogens is 1. The second-order valence-electron chi connectivity index (χ2n) is 3.78. The van der Waals surface area contributed by atoms with E-state index >= 15 is 0 Å². The highest BCUT2D eigenvalue weighted by Gasteiger charge is 2.14. The number of methoxy groups -OCH3 is 1. The Labute approximate surface area is 118 Å². The van der Waals surface area contributed by atoms with Crippen molar-refractivity contribution < 1.29 is 14.6 Å². The molecule has 1 aromatic carbocycles. The third kappa shape index (κ3) is 2.56. The highest BCUT2D eigenvalue weighted by atomic mass is 127. The summed E-state index contributed by atoms with van der Waals surface area (Å²) in [4.78, 5) is 11.2. The van der Waals surface area contributed by atoms with E-state index in [9.17, 15) is 9.90 Å². The van der Waals surface area contributed by atoms with Gasteiger partial charge < -0.3 is 14.4 Å². The monoisotopic (exact) mass is 357 g/mol. The Morgan fingerprint density at radius 3 is 2.83 bits per heavy atom. The van der Waals surface area contributed by atoms with Gasteiger partial charge in [0.2, 0.25) is 0 Å². The summed E-state index contributed by atoms with van der Waals surface area (Å²) in [7, 11) is 1.62. The fraction of sp³-hybridized carbons (Fsp3) is 0.154. The zero-order valence-electron chi connectivity index (χ0n) is 9.76. The van der Waals surface area contributed by atoms with Crippen molar-refractivity contribution in [3.05, 3.63) is 51.4 Å². The zero-order valence-corrected chi connectivity index (χ0v) is 11.9. The minimum absolute atomic E-state index is 0.253. The first-order valence-corrected chi connectivity index (χ1v) is 6.39. The van der Waals surface area contributed by atoms with Crippen molar-refractivity contribution in [1.82, 2.24) is 4.57 Å². The van der Waals surface area contributed by atoms with Crippen LogP contribution in [-0.2, 0) is 11.3 Å². The summed E-state index contributed by atoms with van der Waals surface area (Å²) in [6.07, 6.45) is 1.80. The third-order valence-corrected chi connectivity index (χ3v) is 3.15. The van der Waals surface area contributed by atoms with Crippen LogP contribution in [0.15, 0.2) is 36.5 Å². The molecule has 0 aliphatic carbocycles. The van der Waals surface area contributed by atoms with Crippen molar-refractivity contribution in [2.45, 2.75) is 6.61 Å². The Morgan fingerprint density at radius 1 is 1.44 bits per heavy atom. The number of para-hydroxylation sites is 1. The summed E-state index contributed by atoms with van der Waals surface area (Å²) >= 11 is 2.10. The Bertz CT molecular complexity index is 577. The highest BCUT2D eigenvalue weighted by molar-refractivity contribution is 14.1. The maximum atomic E-state index is 11.2. The number of rotatable bonds is 4. The molecule has 2 aromatic rings. The molecule has 0 unspecified atom stereocenters. The number of benzene rings is 1. The number of nitrogens with zero attached hydrogens (tertiary/aromatic N) is 1. The van der Waals surface area contributed by atoms with E-state index in [0.29, 0.717) is 6.61 Å². The van der Waals surface area contributed by atoms with E-state index in [2.05, 4.69) is 22.6 Å². The highest BCUT2D eigenvalue weighted by Crippen LogP contribution is 2.21. The predicted octanol–water partition coefficient (Wildman–Crippen LogP) is 2.93. The molecule has 0 fully saturated rings. The molecule has 0 spiro atoms. The van der Waals surface area contributed by atoms with E-state index < -0.39 is 5.97 Å². The number of carbonyl (C=O) groups is 1. The molecule has 0 saturated carbocycles. The molecule has 0 amide bonds. The van der Waals surface area contributed by atoms with Crippen molar-refractivity contribution >= 4 is 28.6 Å². The average Bonchev–Trinajstić information content (AvgIpc) is 2.72. The molecule has 1 N–H and O–H groups in total. The summed E-state index contributed by atoms with van der Waals surface area (Å²) in [5, 5.41) is 9.21. The minimum atomic E-state index is -0.940. The number of ether oxygens (including phenoxy) is 1. The largest absolute Gasteiger partial charge is 0.477 e. The molecule has 0 aliphatic rings. The molecule has 0 bridgehead atoms. The second-order valence-corrected chi connectivity index (χ2v) is 5.03. The quantitative estimate of drug-likeness (QED) is 0.857. The molecule has 5 heteroatoms. The van der Waals surface area contributed by atoms with Crippen molar-refractivity contribution in [1.29, 1.82) is 0 Å². The number of hydrogen-bond acceptors (Lipinski definition) is 2. The van der Waals surface area contributed by atoms with Crippen LogP contribution < -0.4 is 0 Å². The van der Waals surface area contributed by atoms with Crippen LogP contribution in [0.1, 0.15) is 16.1 Å². The molecule has 0 atom stereocenters. The molecule has 1 heterocycles. The molecule has 2 rings (SSSR count). The average molecular weight is 357 g/mol. The van der Waals surface area contributed by atoms with Crippen LogP contribution in [0.25, 0.3) is 5.69 Å². The first kappa shape index (κ1) is 13.1. The van der Waals surface area contributed by atoms with E-state index in [0.717, 1.165) is 14.8 Å². The van der Waals surface area contributed by atoms with Crippen LogP contribution in [0.4, 0.5) is 0 Å². The smallest absolute Gasteiger partial charge is 0.352 e. The van der Waals surface area contributed by atoms with E-state index in [4.69, 9.17) is 4.74 Å². The lowest BCUT2D eigenvalue weighted by molar-refractivity contribution is 0.0688. The van der Waals surface area contributed by atoms with E-state index in [1.807, 2.05) is 24.3 Å². The molecule has 0 aliphatic heterocycles. The number of halogens is 1. The van der Waals surface area contributed by atoms with Gasteiger partial charge in [0.05, 0.1) is 12.3 Å². The first-order valence-electron chi connectivity index (χ1n) is 5.32. The Morgan fingerprint density at radius 2 is 2.17 bits per heavy atom. The summed E-state index contributed by atoms with van der Waals surface area (Å²) in [5.41, 5.74) is 2.04. The molecular weight excluding hydrogens is 345 g/mol. The van der Waals surface area contributed by atoms with Crippen molar-refractivity contribution in [3.63, 3.8) is 0 Å². The topological polar surface area (TPSA) is 51.5 Å². The van der Waals surface area contributed by atoms with Gasteiger partial charge in [0, 0.05) is 22.4 Å². The van der Waals surface area contributed by atoms with E-state index in [1.54, 1.807) is 23.9 Å². The van der Waals surface area contributed by atoms with Gasteiger partial charge >= 0.3 is 5.97 Å². The lowest BCUT2D eigenvalue weighted by Gasteiger charge is -2.11. The van der Waals surface area contributed by atoms with Crippen molar-refractivity contribution in [2.24, 2.45) is 0 Å². The van der Waals surface area contributed by atoms with Gasteiger partial charge in [-0.05, 0) is 34.7 Å². The SMILES string of the molecule is COCc1ccccc1-n1cc(I)cc1C(=O)O. The lowest BCUT2D eigenvalue weighted by Crippen LogP contribution is -2.08. The van der Waals surface area contributed by atoms with Crippen LogP contribution in [0.5, 0.6) is 0 Å². The lowest BCUT2D eigenvalue weighted by atomic mass is 10.2. The minimum Gasteiger partial charge on any atom is -0.477 e. The van der Waals surface area contributed by atoms with Gasteiger partial charge in [-0.3, -0.25) is 0 Å². The van der Waals surface area contributed by atoms with Gasteiger partial charge in [0.1, 0.15) is 5.69 Å². The van der Waals surface area contributed by atoms with Crippen molar-refractivity contribution in [3.8, 4) is 5.69 Å². The molecular formula is C13H12INO3. The number of carboxylic acid groups (broad SMARTS) is 1. The summed E-state index contributed by atoms with van der Waals surface area (Å²) in [6, 6.07) is 9.25. The maximum absolute atomic E-state index is 11.2. The molecule has 0 radical (unpaired) electrons. The Kier molecular flexibility index (Phi) is 4.03. The Hall–Kier alpha value is -1.34. The van der Waals surface area contributed by atoms with Gasteiger partial charge in [0.25, 0.3) is 0 Å². The third-order valence-electron chi connectivity index (χ3n) is 2.56. The molecule has 0 saturated heterocycles. The standard InChI is InChI=1S/C13H12INO3/c1-18-8-9-4-2-3-5-11(9)15-7-10(14)6-12(15)13(16)17/h2-7H,8H2,1H3,(H,16,17). The normalized spacial score (nSPS) is 10.6. The number of carboxylic acids is 1. The maximum Gasteiger partial charge on any atom is 0.352 e. The first-order chi connectivity index (χ1) is 8.63. The predicted molar refractivity (Wildman–Crippen MR) is 76.2 cm³/mol. The van der Waals surface area contributed by atoms with Crippen LogP contribution in [0.2, 0.25) is 0 Å². The number of hydrogen-bond donors (Lipinski definition) is 1. The van der Waals surface area contributed by atoms with Gasteiger partial charge in [-0.2, -0.15) is 0 Å². The zero-order chi connectivity index (χ0) is 13.1. The van der Waals surface area contributed by atoms with Gasteiger partial charge in [-0.15, -0.1) is 0 Å². The van der Waals surface area contributed by atoms with Crippen LogP contribution in [0, 0.1) is 3.57 Å². The van der Waals surface area contributed by atoms with Crippen LogP contribution in [-0.4, -0.2) is 22.8 Å². The summed E-state index contributed by atoms with van der Waals surface area (Å²) in [5.74, 6) is -0.940. The molecule has 94 valence electrons. The fourth-order valence-corrected chi connectivity index (χ4v) is 2.39.